The Hall–Kier alpha value is -2.33. The number of hydrogen-bond acceptors (Lipinski definition) is 5. The molecule has 2 amide bonds. The zero-order valence-corrected chi connectivity index (χ0v) is 21.8. The molecule has 5 aliphatic rings. The van der Waals surface area contributed by atoms with Gasteiger partial charge in [-0.2, -0.15) is 0 Å². The van der Waals surface area contributed by atoms with Crippen LogP contribution in [0.5, 0.6) is 0 Å². The molecule has 7 nitrogen and oxygen atoms in total. The molecule has 196 valence electrons. The normalized spacial score (nSPS) is 43.1. The number of rotatable bonds is 4. The van der Waals surface area contributed by atoms with Crippen molar-refractivity contribution in [2.45, 2.75) is 96.1 Å². The van der Waals surface area contributed by atoms with Crippen molar-refractivity contribution in [2.75, 3.05) is 13.2 Å². The maximum atomic E-state index is 12.3. The number of carbonyl (C=O) groups is 2. The maximum absolute atomic E-state index is 12.3. The van der Waals surface area contributed by atoms with Crippen LogP contribution in [-0.2, 0) is 14.4 Å². The number of allylic oxidation sites excluding steroid dienone is 2. The summed E-state index contributed by atoms with van der Waals surface area (Å²) in [4.78, 5) is 29.8. The summed E-state index contributed by atoms with van der Waals surface area (Å²) in [6, 6.07) is -0.488. The molecule has 7 heteroatoms. The minimum atomic E-state index is -0.963. The third-order valence-electron chi connectivity index (χ3n) is 10.6. The zero-order valence-electron chi connectivity index (χ0n) is 21.8. The van der Waals surface area contributed by atoms with Crippen molar-refractivity contribution < 1.29 is 19.5 Å². The molecule has 3 N–H and O–H groups in total. The summed E-state index contributed by atoms with van der Waals surface area (Å²) in [7, 11) is 0. The predicted molar refractivity (Wildman–Crippen MR) is 138 cm³/mol. The SMILES string of the molecule is C#C[C@@]1(O)CC[C@@H]2[C@@H]3CCC4=C/C(=N\OCC(=O)N[C@@H]5CCCCNC5=O)CC[C@]4(C)[C@@H]3CC[C@@]21C. The standard InChI is InChI=1S/C29H41N3O4/c1-4-29(35)15-12-23-21-9-8-19-17-20(10-13-27(19,2)22(21)11-14-28(23,29)3)32-36-18-25(33)31-24-7-5-6-16-30-26(24)34/h1,17,21-24,35H,5-16,18H2,2-3H3,(H,30,34)(H,31,33)/b32-20-/t21-,22-,23-,24-,27+,28+,29-/m1/s1. The van der Waals surface area contributed by atoms with Crippen LogP contribution in [0, 0.1) is 40.9 Å². The molecule has 0 unspecified atom stereocenters. The van der Waals surface area contributed by atoms with Gasteiger partial charge in [0, 0.05) is 12.0 Å². The number of aliphatic hydroxyl groups is 1. The average Bonchev–Trinajstić information content (AvgIpc) is 2.98. The molecule has 4 aliphatic carbocycles. The summed E-state index contributed by atoms with van der Waals surface area (Å²) in [5.41, 5.74) is 1.35. The second-order valence-corrected chi connectivity index (χ2v) is 12.3. The highest BCUT2D eigenvalue weighted by Gasteiger charge is 2.63. The van der Waals surface area contributed by atoms with Gasteiger partial charge in [-0.05, 0) is 99.9 Å². The predicted octanol–water partition coefficient (Wildman–Crippen LogP) is 3.47. The van der Waals surface area contributed by atoms with Crippen molar-refractivity contribution in [1.29, 1.82) is 0 Å². The van der Waals surface area contributed by atoms with Crippen molar-refractivity contribution in [3.05, 3.63) is 11.6 Å². The molecule has 7 atom stereocenters. The molecule has 0 spiro atoms. The Morgan fingerprint density at radius 2 is 2.00 bits per heavy atom. The maximum Gasteiger partial charge on any atom is 0.261 e. The fourth-order valence-electron chi connectivity index (χ4n) is 8.38. The minimum absolute atomic E-state index is 0.122. The number of nitrogens with one attached hydrogen (secondary N) is 2. The van der Waals surface area contributed by atoms with Gasteiger partial charge < -0.3 is 20.6 Å². The summed E-state index contributed by atoms with van der Waals surface area (Å²) in [6.45, 7) is 5.13. The summed E-state index contributed by atoms with van der Waals surface area (Å²) in [5, 5.41) is 21.1. The monoisotopic (exact) mass is 495 g/mol. The molecule has 5 rings (SSSR count). The van der Waals surface area contributed by atoms with Crippen LogP contribution in [0.2, 0.25) is 0 Å². The van der Waals surface area contributed by atoms with Crippen molar-refractivity contribution in [2.24, 2.45) is 33.7 Å². The lowest BCUT2D eigenvalue weighted by Gasteiger charge is -2.58. The summed E-state index contributed by atoms with van der Waals surface area (Å²) < 4.78 is 0. The second kappa shape index (κ2) is 9.52. The molecule has 36 heavy (non-hydrogen) atoms. The highest BCUT2D eigenvalue weighted by atomic mass is 16.6. The van der Waals surface area contributed by atoms with Gasteiger partial charge in [0.15, 0.2) is 6.61 Å². The van der Waals surface area contributed by atoms with Gasteiger partial charge in [-0.15, -0.1) is 6.42 Å². The van der Waals surface area contributed by atoms with E-state index in [1.807, 2.05) is 0 Å². The van der Waals surface area contributed by atoms with Crippen LogP contribution in [0.25, 0.3) is 0 Å². The number of hydrogen-bond donors (Lipinski definition) is 3. The average molecular weight is 496 g/mol. The summed E-state index contributed by atoms with van der Waals surface area (Å²) in [6.07, 6.45) is 18.4. The van der Waals surface area contributed by atoms with E-state index in [1.54, 1.807) is 0 Å². The topological polar surface area (TPSA) is 100 Å². The Morgan fingerprint density at radius 3 is 2.81 bits per heavy atom. The van der Waals surface area contributed by atoms with Gasteiger partial charge in [0.2, 0.25) is 5.91 Å². The van der Waals surface area contributed by atoms with Crippen molar-refractivity contribution in [3.8, 4) is 12.3 Å². The quantitative estimate of drug-likeness (QED) is 0.411. The Bertz CT molecular complexity index is 1010. The van der Waals surface area contributed by atoms with E-state index < -0.39 is 11.6 Å². The number of fused-ring (bicyclic) bond motifs is 5. The second-order valence-electron chi connectivity index (χ2n) is 12.3. The number of nitrogens with zero attached hydrogens (tertiary/aromatic N) is 1. The first-order valence-corrected chi connectivity index (χ1v) is 13.9. The third kappa shape index (κ3) is 4.16. The number of oxime groups is 1. The fourth-order valence-corrected chi connectivity index (χ4v) is 8.38. The molecule has 1 aliphatic heterocycles. The van der Waals surface area contributed by atoms with Gasteiger partial charge >= 0.3 is 0 Å². The van der Waals surface area contributed by atoms with E-state index in [0.29, 0.717) is 30.7 Å². The van der Waals surface area contributed by atoms with Crippen LogP contribution in [0.1, 0.15) is 84.5 Å². The highest BCUT2D eigenvalue weighted by molar-refractivity contribution is 5.96. The first-order valence-electron chi connectivity index (χ1n) is 13.9. The molecule has 0 aromatic heterocycles. The van der Waals surface area contributed by atoms with E-state index in [9.17, 15) is 14.7 Å². The van der Waals surface area contributed by atoms with Crippen LogP contribution in [0.15, 0.2) is 16.8 Å². The number of carbonyl (C=O) groups excluding carboxylic acids is 2. The van der Waals surface area contributed by atoms with Gasteiger partial charge in [0.05, 0.1) is 5.71 Å². The van der Waals surface area contributed by atoms with E-state index in [4.69, 9.17) is 11.3 Å². The molecule has 0 bridgehead atoms. The lowest BCUT2D eigenvalue weighted by atomic mass is 9.46. The highest BCUT2D eigenvalue weighted by Crippen LogP contribution is 2.67. The molecule has 1 heterocycles. The Labute approximate surface area is 214 Å². The molecule has 4 fully saturated rings. The van der Waals surface area contributed by atoms with Crippen molar-refractivity contribution >= 4 is 17.5 Å². The molecule has 0 aromatic rings. The van der Waals surface area contributed by atoms with E-state index in [0.717, 1.165) is 69.9 Å². The van der Waals surface area contributed by atoms with E-state index in [1.165, 1.54) is 5.57 Å². The van der Waals surface area contributed by atoms with Crippen molar-refractivity contribution in [1.82, 2.24) is 10.6 Å². The first kappa shape index (κ1) is 25.3. The van der Waals surface area contributed by atoms with E-state index in [2.05, 4.69) is 41.6 Å². The molecule has 0 radical (unpaired) electrons. The number of terminal acetylenes is 1. The minimum Gasteiger partial charge on any atom is -0.385 e. The fraction of sp³-hybridized carbons (Fsp3) is 0.759. The molecular weight excluding hydrogens is 454 g/mol. The summed E-state index contributed by atoms with van der Waals surface area (Å²) in [5.74, 6) is 4.03. The van der Waals surface area contributed by atoms with Gasteiger partial charge in [0.1, 0.15) is 11.6 Å². The first-order chi connectivity index (χ1) is 17.2. The van der Waals surface area contributed by atoms with Crippen LogP contribution >= 0.6 is 0 Å². The van der Waals surface area contributed by atoms with Crippen LogP contribution in [-0.4, -0.2) is 47.4 Å². The van der Waals surface area contributed by atoms with Crippen molar-refractivity contribution in [3.63, 3.8) is 0 Å². The number of amides is 2. The van der Waals surface area contributed by atoms with Crippen LogP contribution in [0.4, 0.5) is 0 Å². The van der Waals surface area contributed by atoms with Gasteiger partial charge in [-0.1, -0.05) is 30.5 Å². The zero-order chi connectivity index (χ0) is 25.6. The molecule has 0 aromatic carbocycles. The Kier molecular flexibility index (Phi) is 6.70. The molecular formula is C29H41N3O4. The van der Waals surface area contributed by atoms with Crippen LogP contribution in [0.3, 0.4) is 0 Å². The third-order valence-corrected chi connectivity index (χ3v) is 10.6. The smallest absolute Gasteiger partial charge is 0.261 e. The van der Waals surface area contributed by atoms with E-state index >= 15 is 0 Å². The van der Waals surface area contributed by atoms with Gasteiger partial charge in [0.25, 0.3) is 5.91 Å². The lowest BCUT2D eigenvalue weighted by molar-refractivity contribution is -0.131. The van der Waals surface area contributed by atoms with E-state index in [-0.39, 0.29) is 29.3 Å². The Morgan fingerprint density at radius 1 is 1.19 bits per heavy atom. The lowest BCUT2D eigenvalue weighted by Crippen LogP contribution is -2.54. The largest absolute Gasteiger partial charge is 0.385 e. The molecule has 3 saturated carbocycles. The van der Waals surface area contributed by atoms with Crippen LogP contribution < -0.4 is 10.6 Å². The van der Waals surface area contributed by atoms with Gasteiger partial charge in [-0.3, -0.25) is 9.59 Å². The molecule has 1 saturated heterocycles. The Balaban J connectivity index is 1.21. The van der Waals surface area contributed by atoms with Gasteiger partial charge in [-0.25, -0.2) is 0 Å². The summed E-state index contributed by atoms with van der Waals surface area (Å²) >= 11 is 0.